The Morgan fingerprint density at radius 2 is 2.30 bits per heavy atom. The van der Waals surface area contributed by atoms with Gasteiger partial charge in [-0.15, -0.1) is 0 Å². The smallest absolute Gasteiger partial charge is 0.225 e. The topological polar surface area (TPSA) is 47.4 Å². The van der Waals surface area contributed by atoms with Crippen molar-refractivity contribution in [2.45, 2.75) is 39.7 Å². The van der Waals surface area contributed by atoms with Crippen molar-refractivity contribution in [1.29, 1.82) is 0 Å². The van der Waals surface area contributed by atoms with E-state index >= 15 is 0 Å². The van der Waals surface area contributed by atoms with Crippen LogP contribution in [-0.2, 0) is 16.1 Å². The van der Waals surface area contributed by atoms with E-state index in [4.69, 9.17) is 4.74 Å². The second-order valence-corrected chi connectivity index (χ2v) is 5.83. The van der Waals surface area contributed by atoms with Gasteiger partial charge in [0.25, 0.3) is 0 Å². The number of ether oxygens (including phenoxy) is 1. The maximum absolute atomic E-state index is 12.1. The molecule has 1 atom stereocenters. The number of hydrogen-bond acceptors (Lipinski definition) is 3. The van der Waals surface area contributed by atoms with Crippen LogP contribution < -0.4 is 0 Å². The van der Waals surface area contributed by atoms with Crippen LogP contribution in [0.1, 0.15) is 37.7 Å². The third kappa shape index (κ3) is 3.03. The van der Waals surface area contributed by atoms with Crippen LogP contribution in [0.5, 0.6) is 0 Å². The average molecular weight is 279 g/mol. The van der Waals surface area contributed by atoms with Crippen LogP contribution in [-0.4, -0.2) is 47.2 Å². The van der Waals surface area contributed by atoms with Crippen molar-refractivity contribution in [2.24, 2.45) is 5.92 Å². The lowest BCUT2D eigenvalue weighted by molar-refractivity contribution is -0.133. The molecule has 2 heterocycles. The number of methoxy groups -OCH3 is 1. The number of likely N-dealkylation sites (tertiary alicyclic amines) is 1. The molecule has 1 aliphatic heterocycles. The molecule has 0 saturated carbocycles. The van der Waals surface area contributed by atoms with Crippen LogP contribution >= 0.6 is 0 Å². The Bertz CT molecular complexity index is 468. The van der Waals surface area contributed by atoms with Crippen molar-refractivity contribution in [3.05, 3.63) is 17.7 Å². The number of nitrogens with zero attached hydrogens (tertiary/aromatic N) is 3. The zero-order valence-electron chi connectivity index (χ0n) is 12.9. The molecule has 20 heavy (non-hydrogen) atoms. The van der Waals surface area contributed by atoms with Crippen LogP contribution in [0, 0.1) is 12.8 Å². The highest BCUT2D eigenvalue weighted by Gasteiger charge is 2.31. The summed E-state index contributed by atoms with van der Waals surface area (Å²) in [7, 11) is 1.71. The first kappa shape index (κ1) is 15.0. The standard InChI is InChI=1S/C15H25N3O2/c1-11(2)15(19)17-6-5-13(10-17)14-16-9-12(3)18(14)7-8-20-4/h9,11,13H,5-8,10H2,1-4H3/t13-/m0/s1. The van der Waals surface area contributed by atoms with Gasteiger partial charge in [0.2, 0.25) is 5.91 Å². The molecule has 5 nitrogen and oxygen atoms in total. The van der Waals surface area contributed by atoms with Crippen molar-refractivity contribution in [2.75, 3.05) is 26.8 Å². The molecule has 2 rings (SSSR count). The Kier molecular flexibility index (Phi) is 4.81. The van der Waals surface area contributed by atoms with Gasteiger partial charge in [0.05, 0.1) is 6.61 Å². The molecular formula is C15H25N3O2. The summed E-state index contributed by atoms with van der Waals surface area (Å²) in [6.07, 6.45) is 2.92. The SMILES string of the molecule is COCCn1c(C)cnc1[C@H]1CCN(C(=O)C(C)C)C1. The Morgan fingerprint density at radius 3 is 2.95 bits per heavy atom. The first-order chi connectivity index (χ1) is 9.54. The van der Waals surface area contributed by atoms with Gasteiger partial charge in [-0.1, -0.05) is 13.8 Å². The molecule has 0 aromatic carbocycles. The molecule has 0 unspecified atom stereocenters. The normalized spacial score (nSPS) is 19.1. The van der Waals surface area contributed by atoms with Gasteiger partial charge in [-0.3, -0.25) is 4.79 Å². The molecular weight excluding hydrogens is 254 g/mol. The highest BCUT2D eigenvalue weighted by Crippen LogP contribution is 2.27. The van der Waals surface area contributed by atoms with E-state index in [-0.39, 0.29) is 11.8 Å². The Balaban J connectivity index is 2.08. The third-order valence-electron chi connectivity index (χ3n) is 3.96. The van der Waals surface area contributed by atoms with Crippen LogP contribution in [0.3, 0.4) is 0 Å². The molecule has 0 radical (unpaired) electrons. The number of hydrogen-bond donors (Lipinski definition) is 0. The third-order valence-corrected chi connectivity index (χ3v) is 3.96. The highest BCUT2D eigenvalue weighted by atomic mass is 16.5. The minimum atomic E-state index is 0.0729. The lowest BCUT2D eigenvalue weighted by Crippen LogP contribution is -2.32. The number of amides is 1. The average Bonchev–Trinajstić information content (AvgIpc) is 3.02. The maximum atomic E-state index is 12.1. The quantitative estimate of drug-likeness (QED) is 0.826. The number of rotatable bonds is 5. The summed E-state index contributed by atoms with van der Waals surface area (Å²) in [5, 5.41) is 0. The molecule has 1 fully saturated rings. The van der Waals surface area contributed by atoms with Crippen molar-refractivity contribution in [3.63, 3.8) is 0 Å². The van der Waals surface area contributed by atoms with E-state index in [1.165, 1.54) is 0 Å². The number of aromatic nitrogens is 2. The first-order valence-corrected chi connectivity index (χ1v) is 7.34. The van der Waals surface area contributed by atoms with Gasteiger partial charge in [-0.25, -0.2) is 4.98 Å². The fraction of sp³-hybridized carbons (Fsp3) is 0.733. The Labute approximate surface area is 120 Å². The second kappa shape index (κ2) is 6.39. The van der Waals surface area contributed by atoms with Crippen molar-refractivity contribution in [3.8, 4) is 0 Å². The van der Waals surface area contributed by atoms with Gasteiger partial charge in [0, 0.05) is 50.5 Å². The summed E-state index contributed by atoms with van der Waals surface area (Å²) >= 11 is 0. The first-order valence-electron chi connectivity index (χ1n) is 7.34. The van der Waals surface area contributed by atoms with Crippen LogP contribution in [0.25, 0.3) is 0 Å². The van der Waals surface area contributed by atoms with Gasteiger partial charge in [0.15, 0.2) is 0 Å². The van der Waals surface area contributed by atoms with E-state index in [0.29, 0.717) is 12.5 Å². The maximum Gasteiger partial charge on any atom is 0.225 e. The highest BCUT2D eigenvalue weighted by molar-refractivity contribution is 5.78. The molecule has 1 amide bonds. The van der Waals surface area contributed by atoms with E-state index < -0.39 is 0 Å². The summed E-state index contributed by atoms with van der Waals surface area (Å²) in [4.78, 5) is 18.6. The number of aryl methyl sites for hydroxylation is 1. The molecule has 1 aliphatic rings. The van der Waals surface area contributed by atoms with Gasteiger partial charge in [0.1, 0.15) is 5.82 Å². The van der Waals surface area contributed by atoms with E-state index in [1.54, 1.807) is 7.11 Å². The largest absolute Gasteiger partial charge is 0.383 e. The number of carbonyl (C=O) groups is 1. The number of imidazole rings is 1. The molecule has 0 aliphatic carbocycles. The minimum absolute atomic E-state index is 0.0729. The fourth-order valence-electron chi connectivity index (χ4n) is 2.82. The summed E-state index contributed by atoms with van der Waals surface area (Å²) in [5.74, 6) is 1.77. The Morgan fingerprint density at radius 1 is 1.55 bits per heavy atom. The second-order valence-electron chi connectivity index (χ2n) is 5.83. The molecule has 1 aromatic heterocycles. The number of carbonyl (C=O) groups excluding carboxylic acids is 1. The van der Waals surface area contributed by atoms with Crippen LogP contribution in [0.2, 0.25) is 0 Å². The molecule has 1 aromatic rings. The van der Waals surface area contributed by atoms with E-state index in [2.05, 4.69) is 16.5 Å². The predicted molar refractivity (Wildman–Crippen MR) is 77.6 cm³/mol. The molecule has 0 bridgehead atoms. The lowest BCUT2D eigenvalue weighted by Gasteiger charge is -2.19. The molecule has 0 spiro atoms. The van der Waals surface area contributed by atoms with Crippen molar-refractivity contribution >= 4 is 5.91 Å². The zero-order valence-corrected chi connectivity index (χ0v) is 12.9. The van der Waals surface area contributed by atoms with Gasteiger partial charge in [-0.05, 0) is 13.3 Å². The summed E-state index contributed by atoms with van der Waals surface area (Å²) in [6.45, 7) is 9.13. The summed E-state index contributed by atoms with van der Waals surface area (Å²) in [6, 6.07) is 0. The summed E-state index contributed by atoms with van der Waals surface area (Å²) in [5.41, 5.74) is 1.16. The summed E-state index contributed by atoms with van der Waals surface area (Å²) < 4.78 is 7.39. The monoisotopic (exact) mass is 279 g/mol. The lowest BCUT2D eigenvalue weighted by atomic mass is 10.1. The van der Waals surface area contributed by atoms with E-state index in [0.717, 1.165) is 37.6 Å². The van der Waals surface area contributed by atoms with Crippen LogP contribution in [0.15, 0.2) is 6.20 Å². The fourth-order valence-corrected chi connectivity index (χ4v) is 2.82. The van der Waals surface area contributed by atoms with E-state index in [9.17, 15) is 4.79 Å². The molecule has 1 saturated heterocycles. The minimum Gasteiger partial charge on any atom is -0.383 e. The van der Waals surface area contributed by atoms with Crippen molar-refractivity contribution < 1.29 is 9.53 Å². The molecule has 0 N–H and O–H groups in total. The van der Waals surface area contributed by atoms with E-state index in [1.807, 2.05) is 24.9 Å². The van der Waals surface area contributed by atoms with Gasteiger partial charge >= 0.3 is 0 Å². The van der Waals surface area contributed by atoms with Crippen LogP contribution in [0.4, 0.5) is 0 Å². The Hall–Kier alpha value is -1.36. The van der Waals surface area contributed by atoms with Crippen molar-refractivity contribution in [1.82, 2.24) is 14.5 Å². The van der Waals surface area contributed by atoms with Gasteiger partial charge < -0.3 is 14.2 Å². The predicted octanol–water partition coefficient (Wildman–Crippen LogP) is 1.81. The zero-order chi connectivity index (χ0) is 14.7. The molecule has 112 valence electrons. The molecule has 5 heteroatoms. The van der Waals surface area contributed by atoms with Gasteiger partial charge in [-0.2, -0.15) is 0 Å².